The zero-order valence-electron chi connectivity index (χ0n) is 24.7. The average molecular weight is 671 g/mol. The van der Waals surface area contributed by atoms with Gasteiger partial charge in [0.15, 0.2) is 11.5 Å². The van der Waals surface area contributed by atoms with Crippen LogP contribution in [0.2, 0.25) is 15.1 Å². The molecule has 0 saturated heterocycles. The van der Waals surface area contributed by atoms with Gasteiger partial charge in [0.1, 0.15) is 12.6 Å². The van der Waals surface area contributed by atoms with Gasteiger partial charge in [-0.15, -0.1) is 0 Å². The van der Waals surface area contributed by atoms with Crippen LogP contribution in [0.5, 0.6) is 11.5 Å². The fourth-order valence-electron chi connectivity index (χ4n) is 4.13. The molecule has 3 aromatic rings. The van der Waals surface area contributed by atoms with Crippen LogP contribution in [0.4, 0.5) is 5.69 Å². The third-order valence-electron chi connectivity index (χ3n) is 6.36. The van der Waals surface area contributed by atoms with Crippen LogP contribution in [0.1, 0.15) is 33.3 Å². The number of hydrogen-bond acceptors (Lipinski definition) is 6. The first-order valence-electron chi connectivity index (χ1n) is 13.1. The van der Waals surface area contributed by atoms with E-state index in [0.717, 1.165) is 4.31 Å². The number of methoxy groups -OCH3 is 2. The molecule has 0 aromatic heterocycles. The van der Waals surface area contributed by atoms with Gasteiger partial charge in [-0.05, 0) is 81.8 Å². The van der Waals surface area contributed by atoms with Crippen LogP contribution in [0.3, 0.4) is 0 Å². The Kier molecular flexibility index (Phi) is 11.2. The number of halogens is 3. The lowest BCUT2D eigenvalue weighted by Gasteiger charge is -2.33. The SMILES string of the molecule is COc1ccc(S(=O)(=O)N(CC(=O)N(Cc2ccc(Cl)cc2Cl)[C@@H](C)C(=O)NC(C)(C)C)c2ccc(Cl)cc2)cc1OC. The Morgan fingerprint density at radius 3 is 2.05 bits per heavy atom. The highest BCUT2D eigenvalue weighted by atomic mass is 35.5. The third-order valence-corrected chi connectivity index (χ3v) is 8.97. The molecule has 43 heavy (non-hydrogen) atoms. The number of anilines is 1. The van der Waals surface area contributed by atoms with Crippen molar-refractivity contribution in [3.63, 3.8) is 0 Å². The fraction of sp³-hybridized carbons (Fsp3) is 0.333. The van der Waals surface area contributed by atoms with Crippen molar-refractivity contribution < 1.29 is 27.5 Å². The smallest absolute Gasteiger partial charge is 0.264 e. The summed E-state index contributed by atoms with van der Waals surface area (Å²) in [5.74, 6) is -0.550. The Balaban J connectivity index is 2.10. The first-order valence-corrected chi connectivity index (χ1v) is 15.7. The van der Waals surface area contributed by atoms with Gasteiger partial charge in [-0.25, -0.2) is 8.42 Å². The minimum atomic E-state index is -4.35. The number of ether oxygens (including phenoxy) is 2. The molecule has 9 nitrogen and oxygen atoms in total. The molecule has 0 unspecified atom stereocenters. The Bertz CT molecular complexity index is 1580. The number of nitrogens with zero attached hydrogens (tertiary/aromatic N) is 2. The van der Waals surface area contributed by atoms with Crippen LogP contribution < -0.4 is 19.1 Å². The van der Waals surface area contributed by atoms with Gasteiger partial charge in [-0.2, -0.15) is 0 Å². The number of sulfonamides is 1. The highest BCUT2D eigenvalue weighted by Crippen LogP contribution is 2.33. The van der Waals surface area contributed by atoms with Crippen molar-refractivity contribution in [2.75, 3.05) is 25.1 Å². The largest absolute Gasteiger partial charge is 0.493 e. The number of hydrogen-bond donors (Lipinski definition) is 1. The van der Waals surface area contributed by atoms with E-state index in [4.69, 9.17) is 44.3 Å². The Morgan fingerprint density at radius 1 is 0.884 bits per heavy atom. The van der Waals surface area contributed by atoms with Gasteiger partial charge in [-0.3, -0.25) is 13.9 Å². The zero-order chi connectivity index (χ0) is 32.1. The number of carbonyl (C=O) groups is 2. The molecule has 3 rings (SSSR count). The van der Waals surface area contributed by atoms with Crippen molar-refractivity contribution in [3.05, 3.63) is 81.3 Å². The van der Waals surface area contributed by atoms with E-state index < -0.39 is 40.0 Å². The Labute approximate surface area is 267 Å². The summed E-state index contributed by atoms with van der Waals surface area (Å²) in [6.45, 7) is 6.29. The molecule has 0 aliphatic heterocycles. The van der Waals surface area contributed by atoms with Crippen LogP contribution >= 0.6 is 34.8 Å². The molecule has 0 bridgehead atoms. The topological polar surface area (TPSA) is 105 Å². The maximum atomic E-state index is 14.1. The van der Waals surface area contributed by atoms with Crippen LogP contribution in [0, 0.1) is 0 Å². The monoisotopic (exact) mass is 669 g/mol. The highest BCUT2D eigenvalue weighted by molar-refractivity contribution is 7.92. The normalized spacial score (nSPS) is 12.3. The van der Waals surface area contributed by atoms with E-state index in [9.17, 15) is 18.0 Å². The number of carbonyl (C=O) groups excluding carboxylic acids is 2. The van der Waals surface area contributed by atoms with Crippen LogP contribution in [0.25, 0.3) is 0 Å². The standard InChI is InChI=1S/C30H34Cl3N3O6S/c1-19(29(38)34-30(2,3)4)35(17-20-7-8-22(32)15-25(20)33)28(37)18-36(23-11-9-21(31)10-12-23)43(39,40)24-13-14-26(41-5)27(16-24)42-6/h7-16,19H,17-18H2,1-6H3,(H,34,38)/t19-/m0/s1. The zero-order valence-corrected chi connectivity index (χ0v) is 27.7. The lowest BCUT2D eigenvalue weighted by molar-refractivity contribution is -0.140. The molecule has 0 heterocycles. The van der Waals surface area contributed by atoms with Gasteiger partial charge in [0.05, 0.1) is 24.8 Å². The maximum Gasteiger partial charge on any atom is 0.264 e. The van der Waals surface area contributed by atoms with Crippen LogP contribution in [-0.2, 0) is 26.2 Å². The number of amides is 2. The second-order valence-electron chi connectivity index (χ2n) is 10.7. The first-order chi connectivity index (χ1) is 20.1. The summed E-state index contributed by atoms with van der Waals surface area (Å²) in [6.07, 6.45) is 0. The van der Waals surface area contributed by atoms with E-state index in [2.05, 4.69) is 5.32 Å². The summed E-state index contributed by atoms with van der Waals surface area (Å²) in [5.41, 5.74) is 0.129. The molecular formula is C30H34Cl3N3O6S. The van der Waals surface area contributed by atoms with E-state index in [1.807, 2.05) is 20.8 Å². The molecule has 1 atom stereocenters. The fourth-order valence-corrected chi connectivity index (χ4v) is 6.15. The predicted molar refractivity (Wildman–Crippen MR) is 170 cm³/mol. The quantitative estimate of drug-likeness (QED) is 0.261. The molecule has 0 aliphatic rings. The van der Waals surface area contributed by atoms with E-state index in [1.165, 1.54) is 67.7 Å². The van der Waals surface area contributed by atoms with Crippen molar-refractivity contribution in [3.8, 4) is 11.5 Å². The van der Waals surface area contributed by atoms with Crippen molar-refractivity contribution in [1.82, 2.24) is 10.2 Å². The summed E-state index contributed by atoms with van der Waals surface area (Å²) < 4.78 is 39.7. The van der Waals surface area contributed by atoms with Crippen molar-refractivity contribution in [2.45, 2.75) is 50.7 Å². The van der Waals surface area contributed by atoms with Gasteiger partial charge < -0.3 is 19.7 Å². The van der Waals surface area contributed by atoms with Gasteiger partial charge >= 0.3 is 0 Å². The second-order valence-corrected chi connectivity index (χ2v) is 13.8. The molecule has 0 saturated carbocycles. The van der Waals surface area contributed by atoms with Gasteiger partial charge in [-0.1, -0.05) is 40.9 Å². The molecule has 232 valence electrons. The van der Waals surface area contributed by atoms with Crippen molar-refractivity contribution >= 4 is 62.3 Å². The molecular weight excluding hydrogens is 637 g/mol. The van der Waals surface area contributed by atoms with E-state index in [0.29, 0.717) is 26.4 Å². The molecule has 13 heteroatoms. The van der Waals surface area contributed by atoms with Crippen molar-refractivity contribution in [2.24, 2.45) is 0 Å². The van der Waals surface area contributed by atoms with Crippen LogP contribution in [0.15, 0.2) is 65.6 Å². The number of rotatable bonds is 11. The minimum absolute atomic E-state index is 0.0849. The first kappa shape index (κ1) is 34.3. The van der Waals surface area contributed by atoms with Gasteiger partial charge in [0, 0.05) is 33.2 Å². The molecule has 0 radical (unpaired) electrons. The van der Waals surface area contributed by atoms with Gasteiger partial charge in [0.25, 0.3) is 10.0 Å². The van der Waals surface area contributed by atoms with E-state index >= 15 is 0 Å². The summed E-state index contributed by atoms with van der Waals surface area (Å²) in [7, 11) is -1.53. The van der Waals surface area contributed by atoms with E-state index in [-0.39, 0.29) is 22.9 Å². The third kappa shape index (κ3) is 8.69. The van der Waals surface area contributed by atoms with Gasteiger partial charge in [0.2, 0.25) is 11.8 Å². The molecule has 3 aromatic carbocycles. The number of nitrogens with one attached hydrogen (secondary N) is 1. The average Bonchev–Trinajstić information content (AvgIpc) is 2.94. The highest BCUT2D eigenvalue weighted by Gasteiger charge is 2.34. The summed E-state index contributed by atoms with van der Waals surface area (Å²) in [4.78, 5) is 28.5. The molecule has 1 N–H and O–H groups in total. The Hall–Kier alpha value is -3.18. The van der Waals surface area contributed by atoms with Crippen molar-refractivity contribution in [1.29, 1.82) is 0 Å². The second kappa shape index (κ2) is 14.1. The van der Waals surface area contributed by atoms with Crippen LogP contribution in [-0.4, -0.2) is 57.5 Å². The lowest BCUT2D eigenvalue weighted by atomic mass is 10.1. The molecule has 0 fully saturated rings. The summed E-state index contributed by atoms with van der Waals surface area (Å²) in [6, 6.07) is 13.9. The maximum absolute atomic E-state index is 14.1. The Morgan fingerprint density at radius 2 is 1.49 bits per heavy atom. The summed E-state index contributed by atoms with van der Waals surface area (Å²) in [5, 5.41) is 3.95. The minimum Gasteiger partial charge on any atom is -0.493 e. The predicted octanol–water partition coefficient (Wildman–Crippen LogP) is 6.19. The van der Waals surface area contributed by atoms with E-state index in [1.54, 1.807) is 19.1 Å². The molecule has 0 spiro atoms. The number of benzene rings is 3. The molecule has 2 amide bonds. The molecule has 0 aliphatic carbocycles. The summed E-state index contributed by atoms with van der Waals surface area (Å²) >= 11 is 18.6. The lowest BCUT2D eigenvalue weighted by Crippen LogP contribution is -2.54.